The Morgan fingerprint density at radius 1 is 1.11 bits per heavy atom. The molecule has 2 N–H and O–H groups in total. The van der Waals surface area contributed by atoms with Crippen LogP contribution in [-0.2, 0) is 22.6 Å². The monoisotopic (exact) mass is 380 g/mol. The van der Waals surface area contributed by atoms with Crippen LogP contribution in [-0.4, -0.2) is 49.9 Å². The van der Waals surface area contributed by atoms with Gasteiger partial charge in [0.1, 0.15) is 0 Å². The van der Waals surface area contributed by atoms with Crippen LogP contribution >= 0.6 is 0 Å². The van der Waals surface area contributed by atoms with Gasteiger partial charge >= 0.3 is 0 Å². The molecule has 2 aromatic carbocycles. The van der Waals surface area contributed by atoms with Gasteiger partial charge in [-0.3, -0.25) is 14.5 Å². The molecule has 0 unspecified atom stereocenters. The van der Waals surface area contributed by atoms with Crippen LogP contribution in [0.4, 0.5) is 11.4 Å². The number of nitrogens with one attached hydrogen (secondary N) is 2. The molecule has 28 heavy (non-hydrogen) atoms. The summed E-state index contributed by atoms with van der Waals surface area (Å²) in [5.74, 6) is -0.108. The van der Waals surface area contributed by atoms with E-state index in [2.05, 4.69) is 46.8 Å². The van der Waals surface area contributed by atoms with Crippen molar-refractivity contribution in [1.82, 2.24) is 10.2 Å². The van der Waals surface area contributed by atoms with Crippen molar-refractivity contribution >= 4 is 23.2 Å². The molecule has 3 rings (SSSR count). The molecular weight excluding hydrogens is 352 g/mol. The Kier molecular flexibility index (Phi) is 6.44. The molecule has 0 aromatic heterocycles. The zero-order valence-corrected chi connectivity index (χ0v) is 16.7. The summed E-state index contributed by atoms with van der Waals surface area (Å²) in [6.45, 7) is 3.49. The second-order valence-electron chi connectivity index (χ2n) is 7.35. The number of nitrogens with zero attached hydrogens (tertiary/aromatic N) is 2. The van der Waals surface area contributed by atoms with Gasteiger partial charge in [-0.05, 0) is 48.9 Å². The van der Waals surface area contributed by atoms with Crippen molar-refractivity contribution in [3.8, 4) is 0 Å². The molecule has 1 aliphatic heterocycles. The first-order valence-electron chi connectivity index (χ1n) is 9.56. The van der Waals surface area contributed by atoms with Crippen molar-refractivity contribution in [3.63, 3.8) is 0 Å². The van der Waals surface area contributed by atoms with E-state index in [-0.39, 0.29) is 18.4 Å². The van der Waals surface area contributed by atoms with E-state index in [0.29, 0.717) is 6.04 Å². The standard InChI is InChI=1S/C22H28N4O2/c1-16(27)26(3)20-10-8-19(9-11-20)24-22(28)14-23-13-21-12-17-6-4-5-7-18(17)15-25(21)2/h4-11,21,23H,12-15H2,1-3H3,(H,24,28)/t21-/m0/s1. The van der Waals surface area contributed by atoms with Gasteiger partial charge in [-0.1, -0.05) is 24.3 Å². The Hall–Kier alpha value is -2.70. The van der Waals surface area contributed by atoms with Crippen molar-refractivity contribution < 1.29 is 9.59 Å². The van der Waals surface area contributed by atoms with Gasteiger partial charge in [0, 0.05) is 44.5 Å². The summed E-state index contributed by atoms with van der Waals surface area (Å²) < 4.78 is 0. The third kappa shape index (κ3) is 4.97. The SMILES string of the molecule is CC(=O)N(C)c1ccc(NC(=O)CNC[C@@H]2Cc3ccccc3CN2C)cc1. The van der Waals surface area contributed by atoms with Crippen molar-refractivity contribution in [3.05, 3.63) is 59.7 Å². The van der Waals surface area contributed by atoms with E-state index in [1.54, 1.807) is 24.1 Å². The third-order valence-electron chi connectivity index (χ3n) is 5.29. The summed E-state index contributed by atoms with van der Waals surface area (Å²) >= 11 is 0. The summed E-state index contributed by atoms with van der Waals surface area (Å²) in [5.41, 5.74) is 4.30. The molecule has 148 valence electrons. The van der Waals surface area contributed by atoms with Crippen LogP contribution in [0.25, 0.3) is 0 Å². The molecule has 1 atom stereocenters. The van der Waals surface area contributed by atoms with Gasteiger partial charge in [-0.2, -0.15) is 0 Å². The summed E-state index contributed by atoms with van der Waals surface area (Å²) in [6.07, 6.45) is 0.992. The number of hydrogen-bond acceptors (Lipinski definition) is 4. The fraction of sp³-hybridized carbons (Fsp3) is 0.364. The molecule has 0 saturated carbocycles. The third-order valence-corrected chi connectivity index (χ3v) is 5.29. The lowest BCUT2D eigenvalue weighted by Gasteiger charge is -2.34. The van der Waals surface area contributed by atoms with Crippen molar-refractivity contribution in [2.45, 2.75) is 25.9 Å². The highest BCUT2D eigenvalue weighted by atomic mass is 16.2. The van der Waals surface area contributed by atoms with Crippen LogP contribution in [0.15, 0.2) is 48.5 Å². The first-order valence-corrected chi connectivity index (χ1v) is 9.56. The lowest BCUT2D eigenvalue weighted by atomic mass is 9.94. The first-order chi connectivity index (χ1) is 13.4. The summed E-state index contributed by atoms with van der Waals surface area (Å²) in [7, 11) is 3.85. The van der Waals surface area contributed by atoms with Gasteiger partial charge in [0.25, 0.3) is 0 Å². The number of fused-ring (bicyclic) bond motifs is 1. The Labute approximate surface area is 166 Å². The highest BCUT2D eigenvalue weighted by molar-refractivity contribution is 5.93. The Morgan fingerprint density at radius 3 is 2.46 bits per heavy atom. The second-order valence-corrected chi connectivity index (χ2v) is 7.35. The second kappa shape index (κ2) is 8.99. The molecule has 0 aliphatic carbocycles. The molecule has 0 bridgehead atoms. The zero-order chi connectivity index (χ0) is 20.1. The van der Waals surface area contributed by atoms with E-state index in [1.165, 1.54) is 18.1 Å². The fourth-order valence-electron chi connectivity index (χ4n) is 3.45. The zero-order valence-electron chi connectivity index (χ0n) is 16.7. The highest BCUT2D eigenvalue weighted by Crippen LogP contribution is 2.21. The number of carbonyl (C=O) groups excluding carboxylic acids is 2. The lowest BCUT2D eigenvalue weighted by Crippen LogP contribution is -2.45. The van der Waals surface area contributed by atoms with Gasteiger partial charge in [-0.25, -0.2) is 0 Å². The summed E-state index contributed by atoms with van der Waals surface area (Å²) in [6, 6.07) is 16.2. The minimum Gasteiger partial charge on any atom is -0.325 e. The average molecular weight is 380 g/mol. The predicted octanol–water partition coefficient (Wildman–Crippen LogP) is 2.25. The maximum Gasteiger partial charge on any atom is 0.238 e. The highest BCUT2D eigenvalue weighted by Gasteiger charge is 2.22. The minimum atomic E-state index is -0.0773. The van der Waals surface area contributed by atoms with Crippen LogP contribution in [0.5, 0.6) is 0 Å². The van der Waals surface area contributed by atoms with Gasteiger partial charge in [-0.15, -0.1) is 0 Å². The Balaban J connectivity index is 1.45. The van der Waals surface area contributed by atoms with E-state index in [4.69, 9.17) is 0 Å². The van der Waals surface area contributed by atoms with Crippen LogP contribution < -0.4 is 15.5 Å². The van der Waals surface area contributed by atoms with Gasteiger partial charge < -0.3 is 15.5 Å². The molecule has 6 heteroatoms. The van der Waals surface area contributed by atoms with Gasteiger partial charge in [0.2, 0.25) is 11.8 Å². The summed E-state index contributed by atoms with van der Waals surface area (Å²) in [5, 5.41) is 6.16. The van der Waals surface area contributed by atoms with E-state index in [0.717, 1.165) is 30.9 Å². The number of benzene rings is 2. The van der Waals surface area contributed by atoms with Gasteiger partial charge in [0.15, 0.2) is 0 Å². The van der Waals surface area contributed by atoms with Gasteiger partial charge in [0.05, 0.1) is 6.54 Å². The van der Waals surface area contributed by atoms with Crippen molar-refractivity contribution in [2.24, 2.45) is 0 Å². The van der Waals surface area contributed by atoms with Crippen LogP contribution in [0, 0.1) is 0 Å². The van der Waals surface area contributed by atoms with E-state index in [9.17, 15) is 9.59 Å². The maximum atomic E-state index is 12.2. The molecule has 0 radical (unpaired) electrons. The number of amides is 2. The Bertz CT molecular complexity index is 835. The van der Waals surface area contributed by atoms with E-state index >= 15 is 0 Å². The first kappa shape index (κ1) is 20.0. The Morgan fingerprint density at radius 2 is 1.79 bits per heavy atom. The van der Waals surface area contributed by atoms with E-state index < -0.39 is 0 Å². The number of hydrogen-bond donors (Lipinski definition) is 2. The van der Waals surface area contributed by atoms with E-state index in [1.807, 2.05) is 12.1 Å². The minimum absolute atomic E-state index is 0.0312. The number of likely N-dealkylation sites (N-methyl/N-ethyl adjacent to an activating group) is 1. The molecule has 1 heterocycles. The lowest BCUT2D eigenvalue weighted by molar-refractivity contribution is -0.116. The molecule has 0 saturated heterocycles. The normalized spacial score (nSPS) is 16.3. The maximum absolute atomic E-state index is 12.2. The smallest absolute Gasteiger partial charge is 0.238 e. The predicted molar refractivity (Wildman–Crippen MR) is 112 cm³/mol. The number of rotatable bonds is 6. The van der Waals surface area contributed by atoms with Crippen molar-refractivity contribution in [1.29, 1.82) is 0 Å². The molecule has 2 amide bonds. The molecular formula is C22H28N4O2. The quantitative estimate of drug-likeness (QED) is 0.807. The van der Waals surface area contributed by atoms with Crippen molar-refractivity contribution in [2.75, 3.05) is 37.4 Å². The molecule has 0 fully saturated rings. The topological polar surface area (TPSA) is 64.7 Å². The number of carbonyl (C=O) groups is 2. The molecule has 1 aliphatic rings. The van der Waals surface area contributed by atoms with Crippen LogP contribution in [0.1, 0.15) is 18.1 Å². The molecule has 6 nitrogen and oxygen atoms in total. The van der Waals surface area contributed by atoms with Crippen LogP contribution in [0.2, 0.25) is 0 Å². The fourth-order valence-corrected chi connectivity index (χ4v) is 3.45. The molecule has 0 spiro atoms. The largest absolute Gasteiger partial charge is 0.325 e. The summed E-state index contributed by atoms with van der Waals surface area (Å²) in [4.78, 5) is 27.5. The number of anilines is 2. The molecule has 2 aromatic rings. The van der Waals surface area contributed by atoms with Crippen LogP contribution in [0.3, 0.4) is 0 Å². The average Bonchev–Trinajstić information content (AvgIpc) is 2.68.